The highest BCUT2D eigenvalue weighted by Crippen LogP contribution is 2.40. The van der Waals surface area contributed by atoms with Gasteiger partial charge in [0, 0.05) is 22.3 Å². The van der Waals surface area contributed by atoms with Crippen LogP contribution in [-0.4, -0.2) is 11.5 Å². The van der Waals surface area contributed by atoms with Gasteiger partial charge in [-0.3, -0.25) is 4.98 Å². The Balaban J connectivity index is 2.04. The molecule has 0 saturated heterocycles. The first kappa shape index (κ1) is 13.1. The van der Waals surface area contributed by atoms with Gasteiger partial charge in [0.25, 0.3) is 0 Å². The summed E-state index contributed by atoms with van der Waals surface area (Å²) < 4.78 is 10.7. The van der Waals surface area contributed by atoms with E-state index in [1.54, 1.807) is 13.1 Å². The van der Waals surface area contributed by atoms with Crippen LogP contribution in [0.25, 0.3) is 0 Å². The fraction of sp³-hybridized carbons (Fsp3) is 0.200. The molecule has 3 rings (SSSR count). The minimum atomic E-state index is -0.218. The quantitative estimate of drug-likeness (QED) is 0.871. The zero-order valence-corrected chi connectivity index (χ0v) is 11.5. The van der Waals surface area contributed by atoms with Gasteiger partial charge in [-0.25, -0.2) is 4.79 Å². The van der Waals surface area contributed by atoms with E-state index in [0.29, 0.717) is 23.1 Å². The number of ether oxygens (including phenoxy) is 2. The third kappa shape index (κ3) is 2.17. The average Bonchev–Trinajstić information content (AvgIpc) is 2.87. The molecule has 0 bridgehead atoms. The molecule has 4 nitrogen and oxygen atoms in total. The summed E-state index contributed by atoms with van der Waals surface area (Å²) in [5.74, 6) is 0.439. The Morgan fingerprint density at radius 2 is 2.15 bits per heavy atom. The van der Waals surface area contributed by atoms with Crippen molar-refractivity contribution in [2.24, 2.45) is 0 Å². The van der Waals surface area contributed by atoms with Gasteiger partial charge in [0.05, 0.1) is 12.3 Å². The molecule has 20 heavy (non-hydrogen) atoms. The molecule has 0 spiro atoms. The van der Waals surface area contributed by atoms with Crippen LogP contribution in [0.5, 0.6) is 5.75 Å². The highest BCUT2D eigenvalue weighted by Gasteiger charge is 2.29. The Labute approximate surface area is 121 Å². The van der Waals surface area contributed by atoms with Crippen LogP contribution < -0.4 is 4.74 Å². The van der Waals surface area contributed by atoms with Crippen molar-refractivity contribution in [2.75, 3.05) is 0 Å². The first-order chi connectivity index (χ1) is 9.70. The van der Waals surface area contributed by atoms with Gasteiger partial charge in [-0.2, -0.15) is 0 Å². The largest absolute Gasteiger partial charge is 0.423 e. The Morgan fingerprint density at radius 1 is 1.40 bits per heavy atom. The SMILES string of the molecule is Cc1ncc2c(c1O[C]=O)CO[C@H]2c1ccc(Cl)cc1. The molecule has 2 heterocycles. The topological polar surface area (TPSA) is 48.4 Å². The standard InChI is InChI=1S/C15H11ClNO3/c1-9-14(20-8-18)13-7-19-15(12(13)6-17-9)10-2-4-11(16)5-3-10/h2-6,15H,7H2,1H3/t15-/m0/s1. The van der Waals surface area contributed by atoms with E-state index >= 15 is 0 Å². The number of benzene rings is 1. The number of carbonyl (C=O) groups excluding carboxylic acids is 1. The maximum Gasteiger partial charge on any atom is 0.423 e. The minimum absolute atomic E-state index is 0.218. The van der Waals surface area contributed by atoms with E-state index in [1.807, 2.05) is 24.3 Å². The molecule has 101 valence electrons. The lowest BCUT2D eigenvalue weighted by atomic mass is 10.0. The maximum atomic E-state index is 10.5. The van der Waals surface area contributed by atoms with Crippen molar-refractivity contribution >= 4 is 18.1 Å². The maximum absolute atomic E-state index is 10.5. The van der Waals surface area contributed by atoms with Crippen LogP contribution in [0.4, 0.5) is 0 Å². The zero-order valence-electron chi connectivity index (χ0n) is 10.7. The van der Waals surface area contributed by atoms with Crippen LogP contribution in [0.15, 0.2) is 30.5 Å². The number of hydrogen-bond donors (Lipinski definition) is 0. The highest BCUT2D eigenvalue weighted by molar-refractivity contribution is 6.30. The third-order valence-corrected chi connectivity index (χ3v) is 3.59. The lowest BCUT2D eigenvalue weighted by molar-refractivity contribution is 0.0934. The van der Waals surface area contributed by atoms with E-state index < -0.39 is 0 Å². The molecule has 5 heteroatoms. The van der Waals surface area contributed by atoms with Crippen molar-refractivity contribution in [3.8, 4) is 5.75 Å². The lowest BCUT2D eigenvalue weighted by Crippen LogP contribution is -2.01. The second-order valence-corrected chi connectivity index (χ2v) is 4.97. The summed E-state index contributed by atoms with van der Waals surface area (Å²) in [5, 5.41) is 0.675. The third-order valence-electron chi connectivity index (χ3n) is 3.34. The Hall–Kier alpha value is -1.91. The fourth-order valence-electron chi connectivity index (χ4n) is 2.37. The van der Waals surface area contributed by atoms with Crippen LogP contribution in [0.3, 0.4) is 0 Å². The molecular formula is C15H11ClNO3. The van der Waals surface area contributed by atoms with Crippen LogP contribution in [-0.2, 0) is 16.1 Å². The molecule has 0 saturated carbocycles. The summed E-state index contributed by atoms with van der Waals surface area (Å²) in [4.78, 5) is 14.7. The lowest BCUT2D eigenvalue weighted by Gasteiger charge is -2.12. The number of pyridine rings is 1. The van der Waals surface area contributed by atoms with Crippen molar-refractivity contribution in [2.45, 2.75) is 19.6 Å². The van der Waals surface area contributed by atoms with Gasteiger partial charge >= 0.3 is 6.47 Å². The molecule has 1 atom stereocenters. The zero-order chi connectivity index (χ0) is 14.1. The van der Waals surface area contributed by atoms with E-state index in [9.17, 15) is 4.79 Å². The van der Waals surface area contributed by atoms with Gasteiger partial charge in [0.2, 0.25) is 0 Å². The monoisotopic (exact) mass is 288 g/mol. The molecule has 2 aromatic rings. The number of halogens is 1. The van der Waals surface area contributed by atoms with Crippen LogP contribution in [0.2, 0.25) is 5.02 Å². The van der Waals surface area contributed by atoms with Gasteiger partial charge in [-0.1, -0.05) is 23.7 Å². The second-order valence-electron chi connectivity index (χ2n) is 4.53. The summed E-state index contributed by atoms with van der Waals surface area (Å²) in [5.41, 5.74) is 3.39. The summed E-state index contributed by atoms with van der Waals surface area (Å²) in [6.45, 7) is 3.61. The molecule has 0 aliphatic carbocycles. The van der Waals surface area contributed by atoms with Crippen molar-refractivity contribution in [1.29, 1.82) is 0 Å². The molecular weight excluding hydrogens is 278 g/mol. The van der Waals surface area contributed by atoms with Crippen LogP contribution >= 0.6 is 11.6 Å². The molecule has 1 aromatic carbocycles. The number of hydrogen-bond acceptors (Lipinski definition) is 4. The number of rotatable bonds is 3. The van der Waals surface area contributed by atoms with Gasteiger partial charge in [0.15, 0.2) is 5.75 Å². The molecule has 0 unspecified atom stereocenters. The first-order valence-electron chi connectivity index (χ1n) is 6.10. The van der Waals surface area contributed by atoms with Crippen molar-refractivity contribution in [1.82, 2.24) is 4.98 Å². The van der Waals surface area contributed by atoms with Crippen molar-refractivity contribution < 1.29 is 14.3 Å². The number of nitrogens with zero attached hydrogens (tertiary/aromatic N) is 1. The van der Waals surface area contributed by atoms with Crippen LogP contribution in [0.1, 0.15) is 28.5 Å². The van der Waals surface area contributed by atoms with E-state index in [0.717, 1.165) is 16.7 Å². The van der Waals surface area contributed by atoms with Gasteiger partial charge < -0.3 is 9.47 Å². The first-order valence-corrected chi connectivity index (χ1v) is 6.48. The molecule has 0 N–H and O–H groups in total. The minimum Gasteiger partial charge on any atom is -0.416 e. The smallest absolute Gasteiger partial charge is 0.416 e. The average molecular weight is 289 g/mol. The Bertz CT molecular complexity index is 655. The molecule has 1 aliphatic heterocycles. The predicted octanol–water partition coefficient (Wildman–Crippen LogP) is 3.11. The van der Waals surface area contributed by atoms with Crippen molar-refractivity contribution in [3.05, 3.63) is 57.9 Å². The molecule has 0 amide bonds. The number of aromatic nitrogens is 1. The normalized spacial score (nSPS) is 16.8. The van der Waals surface area contributed by atoms with Crippen LogP contribution in [0, 0.1) is 6.92 Å². The predicted molar refractivity (Wildman–Crippen MR) is 73.4 cm³/mol. The molecule has 1 aliphatic rings. The number of aryl methyl sites for hydroxylation is 1. The van der Waals surface area contributed by atoms with Gasteiger partial charge in [-0.15, -0.1) is 0 Å². The summed E-state index contributed by atoms with van der Waals surface area (Å²) in [6.07, 6.45) is 1.54. The summed E-state index contributed by atoms with van der Waals surface area (Å²) >= 11 is 5.89. The Morgan fingerprint density at radius 3 is 2.85 bits per heavy atom. The molecule has 0 fully saturated rings. The second kappa shape index (κ2) is 5.23. The number of fused-ring (bicyclic) bond motifs is 1. The van der Waals surface area contributed by atoms with Gasteiger partial charge in [-0.05, 0) is 24.6 Å². The van der Waals surface area contributed by atoms with Gasteiger partial charge in [0.1, 0.15) is 6.10 Å². The van der Waals surface area contributed by atoms with E-state index in [1.165, 1.54) is 6.47 Å². The van der Waals surface area contributed by atoms with E-state index in [-0.39, 0.29) is 6.10 Å². The molecule has 1 radical (unpaired) electrons. The summed E-state index contributed by atoms with van der Waals surface area (Å²) in [7, 11) is 0. The van der Waals surface area contributed by atoms with Crippen molar-refractivity contribution in [3.63, 3.8) is 0 Å². The Kier molecular flexibility index (Phi) is 3.42. The highest BCUT2D eigenvalue weighted by atomic mass is 35.5. The fourth-order valence-corrected chi connectivity index (χ4v) is 2.50. The summed E-state index contributed by atoms with van der Waals surface area (Å²) in [6, 6.07) is 7.45. The van der Waals surface area contributed by atoms with E-state index in [4.69, 9.17) is 21.1 Å². The molecule has 1 aromatic heterocycles. The van der Waals surface area contributed by atoms with E-state index in [2.05, 4.69) is 4.98 Å².